The van der Waals surface area contributed by atoms with Crippen molar-refractivity contribution in [2.45, 2.75) is 9.42 Å². The molecule has 0 fully saturated rings. The molecule has 0 heterocycles. The number of benzene rings is 1. The summed E-state index contributed by atoms with van der Waals surface area (Å²) in [6, 6.07) is 10.5. The van der Waals surface area contributed by atoms with E-state index in [1.165, 1.54) is 11.1 Å². The molecule has 1 aromatic carbocycles. The third kappa shape index (κ3) is 2.42. The molecule has 1 atom stereocenters. The summed E-state index contributed by atoms with van der Waals surface area (Å²) in [6.45, 7) is 0. The van der Waals surface area contributed by atoms with E-state index in [-0.39, 0.29) is 3.00 Å². The van der Waals surface area contributed by atoms with Crippen molar-refractivity contribution in [2.24, 2.45) is 0 Å². The quantitative estimate of drug-likeness (QED) is 0.522. The molecule has 1 aromatic rings. The number of allylic oxidation sites excluding steroid dienone is 4. The van der Waals surface area contributed by atoms with Crippen LogP contribution >= 0.6 is 15.9 Å². The molecule has 0 saturated heterocycles. The van der Waals surface area contributed by atoms with Gasteiger partial charge in [-0.15, -0.1) is 0 Å². The predicted molar refractivity (Wildman–Crippen MR) is 65.6 cm³/mol. The second kappa shape index (κ2) is 4.11. The van der Waals surface area contributed by atoms with Gasteiger partial charge in [-0.05, 0) is 0 Å². The van der Waals surface area contributed by atoms with Crippen molar-refractivity contribution in [1.29, 1.82) is 0 Å². The van der Waals surface area contributed by atoms with Gasteiger partial charge in [-0.2, -0.15) is 0 Å². The molecular weight excluding hydrogens is 231 g/mol. The van der Waals surface area contributed by atoms with Crippen LogP contribution in [0.5, 0.6) is 0 Å². The number of rotatable bonds is 1. The van der Waals surface area contributed by atoms with Crippen LogP contribution in [0.1, 0.15) is 12.0 Å². The number of hydrogen-bond acceptors (Lipinski definition) is 0. The van der Waals surface area contributed by atoms with Crippen molar-refractivity contribution in [2.75, 3.05) is 0 Å². The fourth-order valence-corrected chi connectivity index (χ4v) is 1.85. The Morgan fingerprint density at radius 2 is 1.93 bits per heavy atom. The van der Waals surface area contributed by atoms with E-state index in [1.807, 2.05) is 6.07 Å². The minimum atomic E-state index is 0.144. The molecule has 1 aliphatic carbocycles. The van der Waals surface area contributed by atoms with E-state index in [2.05, 4.69) is 76.1 Å². The minimum absolute atomic E-state index is 0.144. The molecule has 0 nitrogen and oxygen atoms in total. The Balaban J connectivity index is 2.25. The molecule has 0 radical (unpaired) electrons. The molecule has 14 heavy (non-hydrogen) atoms. The van der Waals surface area contributed by atoms with Gasteiger partial charge in [-0.25, -0.2) is 0 Å². The van der Waals surface area contributed by atoms with Crippen LogP contribution in [0.25, 0.3) is 5.57 Å². The summed E-state index contributed by atoms with van der Waals surface area (Å²) in [5.74, 6) is 0. The molecule has 0 amide bonds. The average molecular weight is 241 g/mol. The van der Waals surface area contributed by atoms with Crippen molar-refractivity contribution in [3.63, 3.8) is 0 Å². The van der Waals surface area contributed by atoms with Crippen LogP contribution in [0.4, 0.5) is 0 Å². The number of hydrogen-bond donors (Lipinski definition) is 0. The first-order valence-corrected chi connectivity index (χ1v) is 5.60. The van der Waals surface area contributed by atoms with Crippen LogP contribution in [-0.2, 0) is 0 Å². The van der Waals surface area contributed by atoms with Crippen LogP contribution in [0.3, 0.4) is 0 Å². The first-order valence-electron chi connectivity index (χ1n) is 4.81. The molecular formula is C12H10BrLi. The van der Waals surface area contributed by atoms with Gasteiger partial charge in [0.1, 0.15) is 0 Å². The topological polar surface area (TPSA) is 0 Å². The summed E-state index contributed by atoms with van der Waals surface area (Å²) < 4.78 is 0.144. The van der Waals surface area contributed by atoms with Crippen LogP contribution in [0.15, 0.2) is 48.6 Å². The summed E-state index contributed by atoms with van der Waals surface area (Å²) in [7, 11) is 0. The van der Waals surface area contributed by atoms with Crippen molar-refractivity contribution in [3.05, 3.63) is 54.1 Å². The Kier molecular flexibility index (Phi) is 3.02. The van der Waals surface area contributed by atoms with Gasteiger partial charge in [-0.3, -0.25) is 0 Å². The maximum atomic E-state index is 3.66. The maximum absolute atomic E-state index is 3.66. The molecule has 0 bridgehead atoms. The van der Waals surface area contributed by atoms with Crippen LogP contribution in [-0.4, -0.2) is 20.7 Å². The zero-order valence-electron chi connectivity index (χ0n) is 8.20. The molecule has 2 rings (SSSR count). The third-order valence-corrected chi connectivity index (χ3v) is 3.03. The Morgan fingerprint density at radius 3 is 2.50 bits per heavy atom. The van der Waals surface area contributed by atoms with E-state index < -0.39 is 0 Å². The van der Waals surface area contributed by atoms with Crippen LogP contribution < -0.4 is 0 Å². The Morgan fingerprint density at radius 1 is 1.21 bits per heavy atom. The second-order valence-corrected chi connectivity index (χ2v) is 5.65. The Labute approximate surface area is 102 Å². The normalized spacial score (nSPS) is 26.1. The summed E-state index contributed by atoms with van der Waals surface area (Å²) in [6.07, 6.45) is 7.74. The van der Waals surface area contributed by atoms with Crippen LogP contribution in [0.2, 0.25) is 0 Å². The van der Waals surface area contributed by atoms with E-state index in [9.17, 15) is 0 Å². The zero-order valence-corrected chi connectivity index (χ0v) is 9.79. The SMILES string of the molecule is [Li][C]1(Br)C=CC(c2ccccc2)=CC1. The average Bonchev–Trinajstić information content (AvgIpc) is 2.19. The van der Waals surface area contributed by atoms with Gasteiger partial charge in [0.15, 0.2) is 0 Å². The van der Waals surface area contributed by atoms with Crippen molar-refractivity contribution in [3.8, 4) is 0 Å². The first kappa shape index (κ1) is 10.3. The fraction of sp³-hybridized carbons (Fsp3) is 0.167. The molecule has 1 aliphatic rings. The number of halogens is 1. The molecule has 1 unspecified atom stereocenters. The summed E-state index contributed by atoms with van der Waals surface area (Å²) >= 11 is 5.84. The summed E-state index contributed by atoms with van der Waals surface area (Å²) in [4.78, 5) is 0. The van der Waals surface area contributed by atoms with Gasteiger partial charge in [-0.1, -0.05) is 0 Å². The molecule has 0 N–H and O–H groups in total. The van der Waals surface area contributed by atoms with Gasteiger partial charge in [0, 0.05) is 0 Å². The molecule has 0 saturated carbocycles. The monoisotopic (exact) mass is 240 g/mol. The van der Waals surface area contributed by atoms with Gasteiger partial charge in [0.2, 0.25) is 0 Å². The van der Waals surface area contributed by atoms with Gasteiger partial charge in [0.05, 0.1) is 0 Å². The predicted octanol–water partition coefficient (Wildman–Crippen LogP) is 3.29. The van der Waals surface area contributed by atoms with Gasteiger partial charge in [0.25, 0.3) is 0 Å². The van der Waals surface area contributed by atoms with Crippen LogP contribution in [0, 0.1) is 0 Å². The Hall–Kier alpha value is -0.223. The van der Waals surface area contributed by atoms with Gasteiger partial charge >= 0.3 is 103 Å². The van der Waals surface area contributed by atoms with E-state index in [4.69, 9.17) is 0 Å². The summed E-state index contributed by atoms with van der Waals surface area (Å²) in [5.41, 5.74) is 2.62. The van der Waals surface area contributed by atoms with Gasteiger partial charge < -0.3 is 0 Å². The molecule has 0 spiro atoms. The first-order chi connectivity index (χ1) is 6.67. The standard InChI is InChI=1S/C12H10Br.Li/c13-12-8-6-11(7-9-12)10-4-2-1-3-5-10;/h1-8H,9H2;. The van der Waals surface area contributed by atoms with Crippen molar-refractivity contribution < 1.29 is 0 Å². The van der Waals surface area contributed by atoms with E-state index in [0.29, 0.717) is 0 Å². The van der Waals surface area contributed by atoms with E-state index >= 15 is 0 Å². The third-order valence-electron chi connectivity index (χ3n) is 2.44. The van der Waals surface area contributed by atoms with E-state index in [0.717, 1.165) is 6.42 Å². The zero-order chi connectivity index (χ0) is 10.0. The number of alkyl halides is 1. The van der Waals surface area contributed by atoms with Crippen molar-refractivity contribution in [1.82, 2.24) is 0 Å². The Bertz CT molecular complexity index is 377. The molecule has 2 heteroatoms. The van der Waals surface area contributed by atoms with E-state index in [1.54, 1.807) is 0 Å². The molecule has 0 aliphatic heterocycles. The fourth-order valence-electron chi connectivity index (χ4n) is 1.55. The molecule has 66 valence electrons. The second-order valence-electron chi connectivity index (χ2n) is 3.84. The molecule has 0 aromatic heterocycles. The summed E-state index contributed by atoms with van der Waals surface area (Å²) in [5, 5.41) is 0. The van der Waals surface area contributed by atoms with Crippen molar-refractivity contribution >= 4 is 39.2 Å².